The molecule has 0 amide bonds. The van der Waals surface area contributed by atoms with Gasteiger partial charge in [0.05, 0.1) is 11.1 Å². The summed E-state index contributed by atoms with van der Waals surface area (Å²) >= 11 is 0. The highest BCUT2D eigenvalue weighted by atomic mass is 16.6. The van der Waals surface area contributed by atoms with E-state index in [1.165, 1.54) is 0 Å². The smallest absolute Gasteiger partial charge is 0.340 e. The minimum atomic E-state index is -1.03. The number of aryl methyl sites for hydroxylation is 1. The normalized spacial score (nSPS) is 19.6. The van der Waals surface area contributed by atoms with Gasteiger partial charge in [0.2, 0.25) is 0 Å². The number of ether oxygens (including phenoxy) is 2. The predicted octanol–water partition coefficient (Wildman–Crippen LogP) is 4.15. The first kappa shape index (κ1) is 14.1. The summed E-state index contributed by atoms with van der Waals surface area (Å²) in [5, 5.41) is 0. The van der Waals surface area contributed by atoms with Crippen LogP contribution in [-0.2, 0) is 10.3 Å². The SMILES string of the molecule is Cc1cccc2c1C1(OC(=O)c3ccccc31)c1cc(N)ccc1O2. The number of hydrogen-bond acceptors (Lipinski definition) is 4. The van der Waals surface area contributed by atoms with E-state index in [1.54, 1.807) is 12.1 Å². The van der Waals surface area contributed by atoms with Gasteiger partial charge in [0.15, 0.2) is 5.60 Å². The molecular formula is C21H15NO3. The number of carbonyl (C=O) groups excluding carboxylic acids is 1. The van der Waals surface area contributed by atoms with Crippen LogP contribution in [0, 0.1) is 6.92 Å². The number of nitrogens with two attached hydrogens (primary N) is 1. The molecule has 0 bridgehead atoms. The van der Waals surface area contributed by atoms with E-state index in [0.717, 1.165) is 22.3 Å². The van der Waals surface area contributed by atoms with E-state index in [0.29, 0.717) is 22.7 Å². The highest BCUT2D eigenvalue weighted by Crippen LogP contribution is 2.57. The van der Waals surface area contributed by atoms with Crippen LogP contribution in [0.5, 0.6) is 11.5 Å². The molecule has 0 saturated carbocycles. The lowest BCUT2D eigenvalue weighted by Gasteiger charge is -2.37. The van der Waals surface area contributed by atoms with Crippen molar-refractivity contribution in [3.8, 4) is 11.5 Å². The average Bonchev–Trinajstić information content (AvgIpc) is 2.90. The summed E-state index contributed by atoms with van der Waals surface area (Å²) in [6.07, 6.45) is 0. The summed E-state index contributed by atoms with van der Waals surface area (Å²) in [6, 6.07) is 18.8. The fourth-order valence-corrected chi connectivity index (χ4v) is 3.94. The Morgan fingerprint density at radius 2 is 1.76 bits per heavy atom. The lowest BCUT2D eigenvalue weighted by molar-refractivity contribution is 0.0222. The molecule has 3 aromatic carbocycles. The van der Waals surface area contributed by atoms with Gasteiger partial charge in [0.1, 0.15) is 11.5 Å². The number of benzene rings is 3. The Hall–Kier alpha value is -3.27. The van der Waals surface area contributed by atoms with E-state index >= 15 is 0 Å². The van der Waals surface area contributed by atoms with E-state index in [2.05, 4.69) is 0 Å². The third-order valence-corrected chi connectivity index (χ3v) is 4.96. The zero-order valence-electron chi connectivity index (χ0n) is 13.6. The summed E-state index contributed by atoms with van der Waals surface area (Å²) in [6.45, 7) is 2.00. The highest BCUT2D eigenvalue weighted by molar-refractivity contribution is 5.97. The molecule has 5 rings (SSSR count). The summed E-state index contributed by atoms with van der Waals surface area (Å²) in [4.78, 5) is 12.7. The Labute approximate surface area is 144 Å². The molecule has 2 N–H and O–H groups in total. The third kappa shape index (κ3) is 1.68. The van der Waals surface area contributed by atoms with Gasteiger partial charge in [-0.05, 0) is 42.8 Å². The Morgan fingerprint density at radius 3 is 2.64 bits per heavy atom. The van der Waals surface area contributed by atoms with Gasteiger partial charge in [-0.2, -0.15) is 0 Å². The molecule has 2 aliphatic heterocycles. The van der Waals surface area contributed by atoms with Crippen LogP contribution in [0.15, 0.2) is 60.7 Å². The molecule has 0 aromatic heterocycles. The van der Waals surface area contributed by atoms with Gasteiger partial charge < -0.3 is 15.2 Å². The fourth-order valence-electron chi connectivity index (χ4n) is 3.94. The van der Waals surface area contributed by atoms with Gasteiger partial charge in [0, 0.05) is 16.8 Å². The van der Waals surface area contributed by atoms with Gasteiger partial charge >= 0.3 is 5.97 Å². The first-order valence-electron chi connectivity index (χ1n) is 8.12. The molecular weight excluding hydrogens is 314 g/mol. The van der Waals surface area contributed by atoms with E-state index < -0.39 is 5.60 Å². The number of nitrogen functional groups attached to an aromatic ring is 1. The second-order valence-electron chi connectivity index (χ2n) is 6.42. The van der Waals surface area contributed by atoms with Crippen LogP contribution in [0.25, 0.3) is 0 Å². The van der Waals surface area contributed by atoms with Crippen molar-refractivity contribution in [1.82, 2.24) is 0 Å². The number of anilines is 1. The van der Waals surface area contributed by atoms with Gasteiger partial charge in [-0.1, -0.05) is 30.3 Å². The van der Waals surface area contributed by atoms with Crippen molar-refractivity contribution in [2.75, 3.05) is 5.73 Å². The molecule has 0 saturated heterocycles. The molecule has 4 nitrogen and oxygen atoms in total. The monoisotopic (exact) mass is 329 g/mol. The number of rotatable bonds is 0. The summed E-state index contributed by atoms with van der Waals surface area (Å²) < 4.78 is 12.2. The van der Waals surface area contributed by atoms with Crippen LogP contribution in [0.1, 0.15) is 32.6 Å². The van der Waals surface area contributed by atoms with E-state index in [9.17, 15) is 4.79 Å². The average molecular weight is 329 g/mol. The van der Waals surface area contributed by atoms with Crippen LogP contribution in [0.2, 0.25) is 0 Å². The summed E-state index contributed by atoms with van der Waals surface area (Å²) in [7, 11) is 0. The molecule has 3 aromatic rings. The highest BCUT2D eigenvalue weighted by Gasteiger charge is 2.54. The van der Waals surface area contributed by atoms with Crippen LogP contribution in [0.3, 0.4) is 0 Å². The first-order valence-corrected chi connectivity index (χ1v) is 8.12. The Bertz CT molecular complexity index is 1060. The maximum Gasteiger partial charge on any atom is 0.340 e. The third-order valence-electron chi connectivity index (χ3n) is 4.96. The molecule has 2 aliphatic rings. The van der Waals surface area contributed by atoms with E-state index in [1.807, 2.05) is 55.5 Å². The zero-order chi connectivity index (χ0) is 17.2. The van der Waals surface area contributed by atoms with Crippen LogP contribution < -0.4 is 10.5 Å². The molecule has 25 heavy (non-hydrogen) atoms. The second kappa shape index (κ2) is 4.63. The Morgan fingerprint density at radius 1 is 0.920 bits per heavy atom. The standard InChI is InChI=1S/C21H15NO3/c1-12-5-4-8-18-19(12)21(16-11-13(22)9-10-17(16)24-18)15-7-3-2-6-14(15)20(23)25-21/h2-11H,22H2,1H3. The van der Waals surface area contributed by atoms with Gasteiger partial charge in [0.25, 0.3) is 0 Å². The zero-order valence-corrected chi connectivity index (χ0v) is 13.6. The molecule has 122 valence electrons. The maximum absolute atomic E-state index is 12.7. The molecule has 0 radical (unpaired) electrons. The van der Waals surface area contributed by atoms with Crippen molar-refractivity contribution in [3.05, 3.63) is 88.5 Å². The lowest BCUT2D eigenvalue weighted by Crippen LogP contribution is -2.34. The van der Waals surface area contributed by atoms with Crippen molar-refractivity contribution in [2.45, 2.75) is 12.5 Å². The number of fused-ring (bicyclic) bond motifs is 6. The first-order chi connectivity index (χ1) is 12.1. The maximum atomic E-state index is 12.7. The topological polar surface area (TPSA) is 61.5 Å². The van der Waals surface area contributed by atoms with Crippen molar-refractivity contribution in [2.24, 2.45) is 0 Å². The molecule has 2 heterocycles. The molecule has 0 fully saturated rings. The summed E-state index contributed by atoms with van der Waals surface area (Å²) in [5.74, 6) is 1.01. The molecule has 0 aliphatic carbocycles. The molecule has 1 atom stereocenters. The van der Waals surface area contributed by atoms with Crippen molar-refractivity contribution < 1.29 is 14.3 Å². The van der Waals surface area contributed by atoms with E-state index in [-0.39, 0.29) is 5.97 Å². The Kier molecular flexibility index (Phi) is 2.61. The van der Waals surface area contributed by atoms with Gasteiger partial charge in [-0.15, -0.1) is 0 Å². The number of hydrogen-bond donors (Lipinski definition) is 1. The predicted molar refractivity (Wildman–Crippen MR) is 93.8 cm³/mol. The minimum Gasteiger partial charge on any atom is -0.456 e. The van der Waals surface area contributed by atoms with E-state index in [4.69, 9.17) is 15.2 Å². The Balaban J connectivity index is 1.96. The molecule has 4 heteroatoms. The van der Waals surface area contributed by atoms with Crippen molar-refractivity contribution in [3.63, 3.8) is 0 Å². The lowest BCUT2D eigenvalue weighted by atomic mass is 9.76. The van der Waals surface area contributed by atoms with Crippen LogP contribution in [-0.4, -0.2) is 5.97 Å². The minimum absolute atomic E-state index is 0.333. The van der Waals surface area contributed by atoms with Crippen molar-refractivity contribution >= 4 is 11.7 Å². The second-order valence-corrected chi connectivity index (χ2v) is 6.42. The fraction of sp³-hybridized carbons (Fsp3) is 0.0952. The molecule has 1 spiro atoms. The van der Waals surface area contributed by atoms with Crippen LogP contribution >= 0.6 is 0 Å². The largest absolute Gasteiger partial charge is 0.456 e. The number of esters is 1. The van der Waals surface area contributed by atoms with Crippen LogP contribution in [0.4, 0.5) is 5.69 Å². The molecule has 1 unspecified atom stereocenters. The van der Waals surface area contributed by atoms with Gasteiger partial charge in [-0.3, -0.25) is 0 Å². The summed E-state index contributed by atoms with van der Waals surface area (Å²) in [5.41, 5.74) is 9.62. The quantitative estimate of drug-likeness (QED) is 0.497. The number of carbonyl (C=O) groups is 1. The van der Waals surface area contributed by atoms with Crippen molar-refractivity contribution in [1.29, 1.82) is 0 Å². The van der Waals surface area contributed by atoms with Gasteiger partial charge in [-0.25, -0.2) is 4.79 Å².